The maximum absolute atomic E-state index is 12.9. The minimum atomic E-state index is -0.447. The highest BCUT2D eigenvalue weighted by molar-refractivity contribution is 9.11. The Labute approximate surface area is 122 Å². The van der Waals surface area contributed by atoms with E-state index < -0.39 is 5.82 Å². The molecule has 1 aromatic carbocycles. The van der Waals surface area contributed by atoms with Gasteiger partial charge in [0.05, 0.1) is 9.35 Å². The first kappa shape index (κ1) is 14.0. The van der Waals surface area contributed by atoms with Crippen LogP contribution in [0.3, 0.4) is 0 Å². The number of hydrogen-bond acceptors (Lipinski definition) is 3. The number of nitrogen functional groups attached to an aromatic ring is 1. The summed E-state index contributed by atoms with van der Waals surface area (Å²) in [5.41, 5.74) is 6.05. The van der Waals surface area contributed by atoms with Crippen LogP contribution in [0.15, 0.2) is 34.1 Å². The molecule has 1 heterocycles. The van der Waals surface area contributed by atoms with E-state index in [4.69, 9.17) is 5.73 Å². The number of rotatable bonds is 4. The molecule has 0 aliphatic rings. The summed E-state index contributed by atoms with van der Waals surface area (Å²) in [5.74, 6) is -0.731. The summed E-state index contributed by atoms with van der Waals surface area (Å²) in [6.45, 7) is 0.516. The number of carbonyl (C=O) groups excluding carboxylic acids is 1. The summed E-state index contributed by atoms with van der Waals surface area (Å²) in [7, 11) is 0. The van der Waals surface area contributed by atoms with Gasteiger partial charge in [-0.25, -0.2) is 4.39 Å². The summed E-state index contributed by atoms with van der Waals surface area (Å²) in [6.07, 6.45) is 0.753. The summed E-state index contributed by atoms with van der Waals surface area (Å²) >= 11 is 5.02. The monoisotopic (exact) mass is 342 g/mol. The number of hydrogen-bond donors (Lipinski definition) is 2. The van der Waals surface area contributed by atoms with E-state index in [9.17, 15) is 9.18 Å². The maximum atomic E-state index is 12.9. The molecule has 2 aromatic rings. The average molecular weight is 343 g/mol. The minimum absolute atomic E-state index is 0.149. The molecule has 0 spiro atoms. The van der Waals surface area contributed by atoms with Crippen LogP contribution in [0.25, 0.3) is 0 Å². The third kappa shape index (κ3) is 3.78. The van der Waals surface area contributed by atoms with Gasteiger partial charge in [-0.05, 0) is 52.7 Å². The lowest BCUT2D eigenvalue weighted by molar-refractivity contribution is 0.0955. The molecule has 0 saturated carbocycles. The van der Waals surface area contributed by atoms with Gasteiger partial charge in [0.1, 0.15) is 5.82 Å². The van der Waals surface area contributed by atoms with Crippen LogP contribution in [0.2, 0.25) is 0 Å². The molecular weight excluding hydrogens is 331 g/mol. The van der Waals surface area contributed by atoms with E-state index in [1.54, 1.807) is 11.3 Å². The third-order valence-electron chi connectivity index (χ3n) is 2.54. The molecule has 100 valence electrons. The zero-order valence-corrected chi connectivity index (χ0v) is 12.4. The fraction of sp³-hybridized carbons (Fsp3) is 0.154. The topological polar surface area (TPSA) is 55.1 Å². The molecule has 0 atom stereocenters. The number of nitrogens with one attached hydrogen (secondary N) is 1. The van der Waals surface area contributed by atoms with Crippen molar-refractivity contribution in [2.45, 2.75) is 6.42 Å². The van der Waals surface area contributed by atoms with Crippen molar-refractivity contribution in [2.24, 2.45) is 0 Å². The molecule has 6 heteroatoms. The van der Waals surface area contributed by atoms with Crippen LogP contribution in [-0.2, 0) is 6.42 Å². The smallest absolute Gasteiger partial charge is 0.253 e. The lowest BCUT2D eigenvalue weighted by atomic mass is 10.1. The standard InChI is InChI=1S/C13H12BrFN2OS/c14-12-4-2-9(19-12)5-6-17-13(18)10-3-1-8(15)7-11(10)16/h1-4,7H,5-6,16H2,(H,17,18). The van der Waals surface area contributed by atoms with Gasteiger partial charge >= 0.3 is 0 Å². The summed E-state index contributed by atoms with van der Waals surface area (Å²) in [4.78, 5) is 13.0. The van der Waals surface area contributed by atoms with Crippen molar-refractivity contribution >= 4 is 38.9 Å². The molecule has 1 amide bonds. The van der Waals surface area contributed by atoms with Gasteiger partial charge in [-0.15, -0.1) is 11.3 Å². The molecule has 2 rings (SSSR count). The quantitative estimate of drug-likeness (QED) is 0.838. The number of benzene rings is 1. The molecule has 19 heavy (non-hydrogen) atoms. The van der Waals surface area contributed by atoms with Crippen LogP contribution in [0.5, 0.6) is 0 Å². The first-order valence-electron chi connectivity index (χ1n) is 5.63. The molecule has 3 nitrogen and oxygen atoms in total. The summed E-state index contributed by atoms with van der Waals surface area (Å²) < 4.78 is 13.9. The fourth-order valence-electron chi connectivity index (χ4n) is 1.62. The van der Waals surface area contributed by atoms with Gasteiger partial charge in [0.2, 0.25) is 0 Å². The van der Waals surface area contributed by atoms with Gasteiger partial charge in [0, 0.05) is 17.1 Å². The number of carbonyl (C=O) groups is 1. The Morgan fingerprint density at radius 2 is 2.16 bits per heavy atom. The minimum Gasteiger partial charge on any atom is -0.398 e. The van der Waals surface area contributed by atoms with E-state index in [1.165, 1.54) is 17.0 Å². The van der Waals surface area contributed by atoms with Gasteiger partial charge < -0.3 is 11.1 Å². The van der Waals surface area contributed by atoms with Gasteiger partial charge in [-0.3, -0.25) is 4.79 Å². The number of anilines is 1. The fourth-order valence-corrected chi connectivity index (χ4v) is 3.10. The van der Waals surface area contributed by atoms with Crippen molar-refractivity contribution in [2.75, 3.05) is 12.3 Å². The van der Waals surface area contributed by atoms with Crippen LogP contribution in [0.1, 0.15) is 15.2 Å². The second-order valence-electron chi connectivity index (χ2n) is 3.94. The first-order valence-corrected chi connectivity index (χ1v) is 7.24. The van der Waals surface area contributed by atoms with Crippen molar-refractivity contribution in [3.8, 4) is 0 Å². The van der Waals surface area contributed by atoms with Crippen molar-refractivity contribution in [1.29, 1.82) is 0 Å². The Morgan fingerprint density at radius 3 is 2.79 bits per heavy atom. The highest BCUT2D eigenvalue weighted by Gasteiger charge is 2.09. The molecule has 0 radical (unpaired) electrons. The molecule has 0 saturated heterocycles. The van der Waals surface area contributed by atoms with Crippen molar-refractivity contribution in [1.82, 2.24) is 5.32 Å². The van der Waals surface area contributed by atoms with Crippen LogP contribution in [0.4, 0.5) is 10.1 Å². The molecule has 0 unspecified atom stereocenters. The zero-order chi connectivity index (χ0) is 13.8. The van der Waals surface area contributed by atoms with Gasteiger partial charge in [0.15, 0.2) is 0 Å². The second kappa shape index (κ2) is 6.16. The van der Waals surface area contributed by atoms with E-state index >= 15 is 0 Å². The molecule has 3 N–H and O–H groups in total. The second-order valence-corrected chi connectivity index (χ2v) is 6.49. The number of thiophene rings is 1. The Hall–Kier alpha value is -1.40. The SMILES string of the molecule is Nc1cc(F)ccc1C(=O)NCCc1ccc(Br)s1. The molecule has 0 aliphatic carbocycles. The zero-order valence-electron chi connectivity index (χ0n) is 9.95. The molecule has 0 aliphatic heterocycles. The number of nitrogens with two attached hydrogens (primary N) is 1. The Balaban J connectivity index is 1.90. The van der Waals surface area contributed by atoms with Crippen molar-refractivity contribution < 1.29 is 9.18 Å². The Kier molecular flexibility index (Phi) is 4.55. The molecule has 0 bridgehead atoms. The van der Waals surface area contributed by atoms with Crippen LogP contribution in [0, 0.1) is 5.82 Å². The van der Waals surface area contributed by atoms with E-state index in [0.29, 0.717) is 12.1 Å². The van der Waals surface area contributed by atoms with E-state index in [0.717, 1.165) is 16.3 Å². The number of amides is 1. The van der Waals surface area contributed by atoms with Crippen molar-refractivity contribution in [3.05, 3.63) is 50.4 Å². The summed E-state index contributed by atoms with van der Waals surface area (Å²) in [5, 5.41) is 2.77. The Morgan fingerprint density at radius 1 is 1.37 bits per heavy atom. The Bertz CT molecular complexity index is 600. The van der Waals surface area contributed by atoms with E-state index in [-0.39, 0.29) is 11.6 Å². The first-order chi connectivity index (χ1) is 9.06. The highest BCUT2D eigenvalue weighted by Crippen LogP contribution is 2.22. The summed E-state index contributed by atoms with van der Waals surface area (Å²) in [6, 6.07) is 7.74. The molecule has 0 fully saturated rings. The lowest BCUT2D eigenvalue weighted by Crippen LogP contribution is -2.26. The lowest BCUT2D eigenvalue weighted by Gasteiger charge is -2.06. The maximum Gasteiger partial charge on any atom is 0.253 e. The highest BCUT2D eigenvalue weighted by atomic mass is 79.9. The predicted molar refractivity (Wildman–Crippen MR) is 78.9 cm³/mol. The van der Waals surface area contributed by atoms with Crippen LogP contribution >= 0.6 is 27.3 Å². The van der Waals surface area contributed by atoms with E-state index in [1.807, 2.05) is 12.1 Å². The average Bonchev–Trinajstić information content (AvgIpc) is 2.75. The normalized spacial score (nSPS) is 10.4. The van der Waals surface area contributed by atoms with E-state index in [2.05, 4.69) is 21.2 Å². The van der Waals surface area contributed by atoms with Gasteiger partial charge in [-0.1, -0.05) is 0 Å². The third-order valence-corrected chi connectivity index (χ3v) is 4.23. The van der Waals surface area contributed by atoms with Crippen molar-refractivity contribution in [3.63, 3.8) is 0 Å². The number of halogens is 2. The predicted octanol–water partition coefficient (Wildman–Crippen LogP) is 3.20. The van der Waals surface area contributed by atoms with Gasteiger partial charge in [-0.2, -0.15) is 0 Å². The van der Waals surface area contributed by atoms with Gasteiger partial charge in [0.25, 0.3) is 5.91 Å². The van der Waals surface area contributed by atoms with Crippen LogP contribution in [-0.4, -0.2) is 12.5 Å². The van der Waals surface area contributed by atoms with Crippen LogP contribution < -0.4 is 11.1 Å². The largest absolute Gasteiger partial charge is 0.398 e. The molecule has 1 aromatic heterocycles. The molecular formula is C13H12BrFN2OS.